The number of carbonyl (C=O) groups excluding carboxylic acids is 1. The predicted octanol–water partition coefficient (Wildman–Crippen LogP) is 2.61. The fourth-order valence-electron chi connectivity index (χ4n) is 2.47. The van der Waals surface area contributed by atoms with Gasteiger partial charge in [0.15, 0.2) is 11.5 Å². The van der Waals surface area contributed by atoms with Crippen molar-refractivity contribution in [2.24, 2.45) is 0 Å². The van der Waals surface area contributed by atoms with E-state index in [1.54, 1.807) is 14.2 Å². The molecule has 0 aromatic heterocycles. The first-order valence-corrected chi connectivity index (χ1v) is 6.49. The summed E-state index contributed by atoms with van der Waals surface area (Å²) in [5, 5.41) is 0. The van der Waals surface area contributed by atoms with E-state index in [1.807, 2.05) is 26.0 Å². The third kappa shape index (κ3) is 2.27. The third-order valence-electron chi connectivity index (χ3n) is 3.66. The molecule has 0 saturated heterocycles. The topological polar surface area (TPSA) is 44.8 Å². The maximum atomic E-state index is 12.1. The van der Waals surface area contributed by atoms with Gasteiger partial charge >= 0.3 is 5.97 Å². The standard InChI is InChI=1S/C15H20O4/c1-5-19-14(16)15(6-7-15)11-9-13(18-4)12(17-3)8-10(11)2/h8-9H,5-7H2,1-4H3. The predicted molar refractivity (Wildman–Crippen MR) is 71.8 cm³/mol. The van der Waals surface area contributed by atoms with E-state index >= 15 is 0 Å². The van der Waals surface area contributed by atoms with Crippen LogP contribution in [0.1, 0.15) is 30.9 Å². The van der Waals surface area contributed by atoms with Crippen molar-refractivity contribution in [1.29, 1.82) is 0 Å². The zero-order valence-electron chi connectivity index (χ0n) is 11.9. The minimum absolute atomic E-state index is 0.134. The molecule has 0 amide bonds. The molecule has 4 nitrogen and oxygen atoms in total. The van der Waals surface area contributed by atoms with Crippen molar-refractivity contribution >= 4 is 5.97 Å². The van der Waals surface area contributed by atoms with Gasteiger partial charge in [0.1, 0.15) is 0 Å². The Balaban J connectivity index is 2.43. The lowest BCUT2D eigenvalue weighted by Gasteiger charge is -2.19. The second-order valence-corrected chi connectivity index (χ2v) is 4.82. The molecule has 0 bridgehead atoms. The van der Waals surface area contributed by atoms with Gasteiger partial charge in [0.05, 0.1) is 26.2 Å². The second kappa shape index (κ2) is 5.11. The van der Waals surface area contributed by atoms with Crippen molar-refractivity contribution in [1.82, 2.24) is 0 Å². The Morgan fingerprint density at radius 3 is 2.26 bits per heavy atom. The first-order chi connectivity index (χ1) is 9.08. The van der Waals surface area contributed by atoms with Gasteiger partial charge in [0.25, 0.3) is 0 Å². The zero-order chi connectivity index (χ0) is 14.0. The molecule has 1 aliphatic carbocycles. The fraction of sp³-hybridized carbons (Fsp3) is 0.533. The maximum absolute atomic E-state index is 12.1. The van der Waals surface area contributed by atoms with Crippen LogP contribution in [0, 0.1) is 6.92 Å². The minimum Gasteiger partial charge on any atom is -0.493 e. The Bertz CT molecular complexity index is 489. The van der Waals surface area contributed by atoms with Gasteiger partial charge < -0.3 is 14.2 Å². The summed E-state index contributed by atoms with van der Waals surface area (Å²) in [4.78, 5) is 12.1. The Morgan fingerprint density at radius 1 is 1.21 bits per heavy atom. The van der Waals surface area contributed by atoms with Crippen LogP contribution in [0.25, 0.3) is 0 Å². The maximum Gasteiger partial charge on any atom is 0.316 e. The molecule has 104 valence electrons. The second-order valence-electron chi connectivity index (χ2n) is 4.82. The highest BCUT2D eigenvalue weighted by atomic mass is 16.5. The third-order valence-corrected chi connectivity index (χ3v) is 3.66. The number of carbonyl (C=O) groups is 1. The average Bonchev–Trinajstić information content (AvgIpc) is 3.20. The smallest absolute Gasteiger partial charge is 0.316 e. The number of aryl methyl sites for hydroxylation is 1. The van der Waals surface area contributed by atoms with E-state index in [1.165, 1.54) is 0 Å². The van der Waals surface area contributed by atoms with Gasteiger partial charge in [-0.3, -0.25) is 4.79 Å². The monoisotopic (exact) mass is 264 g/mol. The van der Waals surface area contributed by atoms with Crippen molar-refractivity contribution in [3.05, 3.63) is 23.3 Å². The highest BCUT2D eigenvalue weighted by molar-refractivity contribution is 5.87. The summed E-state index contributed by atoms with van der Waals surface area (Å²) in [7, 11) is 3.20. The molecule has 0 heterocycles. The molecule has 1 aromatic carbocycles. The lowest BCUT2D eigenvalue weighted by Crippen LogP contribution is -2.24. The van der Waals surface area contributed by atoms with Crippen molar-refractivity contribution in [2.75, 3.05) is 20.8 Å². The lowest BCUT2D eigenvalue weighted by molar-refractivity contribution is -0.146. The quantitative estimate of drug-likeness (QED) is 0.767. The Hall–Kier alpha value is -1.71. The van der Waals surface area contributed by atoms with Crippen LogP contribution in [0.5, 0.6) is 11.5 Å². The molecule has 2 rings (SSSR count). The summed E-state index contributed by atoms with van der Waals surface area (Å²) in [5.41, 5.74) is 1.55. The Morgan fingerprint density at radius 2 is 1.79 bits per heavy atom. The van der Waals surface area contributed by atoms with Gasteiger partial charge in [0.2, 0.25) is 0 Å². The van der Waals surface area contributed by atoms with Gasteiger partial charge in [-0.15, -0.1) is 0 Å². The van der Waals surface area contributed by atoms with E-state index in [0.29, 0.717) is 18.1 Å². The van der Waals surface area contributed by atoms with Gasteiger partial charge in [-0.05, 0) is 49.9 Å². The first-order valence-electron chi connectivity index (χ1n) is 6.49. The number of hydrogen-bond donors (Lipinski definition) is 0. The SMILES string of the molecule is CCOC(=O)C1(c2cc(OC)c(OC)cc2C)CC1. The van der Waals surface area contributed by atoms with E-state index in [2.05, 4.69) is 0 Å². The van der Waals surface area contributed by atoms with Crippen LogP contribution < -0.4 is 9.47 Å². The van der Waals surface area contributed by atoms with E-state index in [-0.39, 0.29) is 5.97 Å². The number of methoxy groups -OCH3 is 2. The van der Waals surface area contributed by atoms with E-state index in [9.17, 15) is 4.79 Å². The summed E-state index contributed by atoms with van der Waals surface area (Å²) in [6, 6.07) is 3.81. The largest absolute Gasteiger partial charge is 0.493 e. The molecule has 0 atom stereocenters. The highest BCUT2D eigenvalue weighted by Gasteiger charge is 2.53. The number of rotatable bonds is 5. The Kier molecular flexibility index (Phi) is 3.69. The van der Waals surface area contributed by atoms with Crippen molar-refractivity contribution in [2.45, 2.75) is 32.1 Å². The number of hydrogen-bond acceptors (Lipinski definition) is 4. The summed E-state index contributed by atoms with van der Waals surface area (Å²) in [6.45, 7) is 4.22. The van der Waals surface area contributed by atoms with Gasteiger partial charge in [0, 0.05) is 0 Å². The molecule has 19 heavy (non-hydrogen) atoms. The molecule has 0 spiro atoms. The van der Waals surface area contributed by atoms with Crippen LogP contribution in [0.15, 0.2) is 12.1 Å². The molecular formula is C15H20O4. The molecule has 4 heteroatoms. The van der Waals surface area contributed by atoms with Crippen LogP contribution in [0.4, 0.5) is 0 Å². The molecule has 0 N–H and O–H groups in total. The fourth-order valence-corrected chi connectivity index (χ4v) is 2.47. The molecule has 0 unspecified atom stereocenters. The molecule has 1 aromatic rings. The summed E-state index contributed by atoms with van der Waals surface area (Å²) >= 11 is 0. The number of ether oxygens (including phenoxy) is 3. The van der Waals surface area contributed by atoms with Crippen LogP contribution in [0.3, 0.4) is 0 Å². The lowest BCUT2D eigenvalue weighted by atomic mass is 9.91. The highest BCUT2D eigenvalue weighted by Crippen LogP contribution is 2.52. The molecule has 0 radical (unpaired) electrons. The molecular weight excluding hydrogens is 244 g/mol. The van der Waals surface area contributed by atoms with Crippen LogP contribution >= 0.6 is 0 Å². The van der Waals surface area contributed by atoms with E-state index in [4.69, 9.17) is 14.2 Å². The summed E-state index contributed by atoms with van der Waals surface area (Å²) < 4.78 is 15.8. The van der Waals surface area contributed by atoms with Crippen molar-refractivity contribution < 1.29 is 19.0 Å². The van der Waals surface area contributed by atoms with Crippen LogP contribution in [0.2, 0.25) is 0 Å². The van der Waals surface area contributed by atoms with Crippen molar-refractivity contribution in [3.8, 4) is 11.5 Å². The van der Waals surface area contributed by atoms with E-state index in [0.717, 1.165) is 24.0 Å². The van der Waals surface area contributed by atoms with Crippen LogP contribution in [-0.2, 0) is 14.9 Å². The molecule has 1 saturated carbocycles. The normalized spacial score (nSPS) is 15.8. The summed E-state index contributed by atoms with van der Waals surface area (Å²) in [6.07, 6.45) is 1.67. The van der Waals surface area contributed by atoms with Crippen LogP contribution in [-0.4, -0.2) is 26.8 Å². The van der Waals surface area contributed by atoms with Gasteiger partial charge in [-0.1, -0.05) is 0 Å². The van der Waals surface area contributed by atoms with Gasteiger partial charge in [-0.2, -0.15) is 0 Å². The minimum atomic E-state index is -0.473. The number of benzene rings is 1. The average molecular weight is 264 g/mol. The first kappa shape index (κ1) is 13.7. The summed E-state index contributed by atoms with van der Waals surface area (Å²) in [5.74, 6) is 1.20. The molecule has 0 aliphatic heterocycles. The number of esters is 1. The van der Waals surface area contributed by atoms with Crippen molar-refractivity contribution in [3.63, 3.8) is 0 Å². The molecule has 1 aliphatic rings. The van der Waals surface area contributed by atoms with Gasteiger partial charge in [-0.25, -0.2) is 0 Å². The molecule has 1 fully saturated rings. The van der Waals surface area contributed by atoms with E-state index < -0.39 is 5.41 Å². The zero-order valence-corrected chi connectivity index (χ0v) is 11.9. The Labute approximate surface area is 113 Å².